The van der Waals surface area contributed by atoms with Crippen LogP contribution >= 0.6 is 0 Å². The van der Waals surface area contributed by atoms with E-state index < -0.39 is 0 Å². The van der Waals surface area contributed by atoms with Gasteiger partial charge in [0.2, 0.25) is 0 Å². The Kier molecular flexibility index (Phi) is 3.78. The zero-order chi connectivity index (χ0) is 5.28. The Morgan fingerprint density at radius 3 is 2.50 bits per heavy atom. The number of hydrazone groups is 1. The van der Waals surface area contributed by atoms with E-state index in [1.165, 1.54) is 10.8 Å². The summed E-state index contributed by atoms with van der Waals surface area (Å²) in [6, 6.07) is 0. The van der Waals surface area contributed by atoms with E-state index in [-0.39, 0.29) is 29.6 Å². The van der Waals surface area contributed by atoms with Gasteiger partial charge in [-0.2, -0.15) is 5.10 Å². The summed E-state index contributed by atoms with van der Waals surface area (Å²) in [6.07, 6.45) is 1.38. The maximum absolute atomic E-state index is 5.10. The van der Waals surface area contributed by atoms with E-state index in [4.69, 9.17) is 5.84 Å². The maximum atomic E-state index is 5.10. The molecular formula is CH4N5NaS. The molecule has 8 heavy (non-hydrogen) atoms. The average Bonchev–Trinajstić information content (AvgIpc) is 1.91. The Morgan fingerprint density at radius 2 is 2.38 bits per heavy atom. The molecule has 0 fully saturated rings. The van der Waals surface area contributed by atoms with Gasteiger partial charge in [0.05, 0.1) is 0 Å². The number of nitrogens with zero attached hydrogens (tertiary/aromatic N) is 3. The van der Waals surface area contributed by atoms with E-state index in [0.717, 1.165) is 5.23 Å². The van der Waals surface area contributed by atoms with Crippen molar-refractivity contribution in [2.75, 3.05) is 0 Å². The number of hydrogen-bond donors (Lipinski definition) is 2. The smallest absolute Gasteiger partial charge is 0.642 e. The van der Waals surface area contributed by atoms with Crippen molar-refractivity contribution in [1.82, 2.24) is 15.2 Å². The van der Waals surface area contributed by atoms with Crippen LogP contribution in [-0.4, -0.2) is 16.0 Å². The van der Waals surface area contributed by atoms with Gasteiger partial charge in [-0.05, 0) is 0 Å². The largest absolute Gasteiger partial charge is 1.00 e. The molecule has 7 heteroatoms. The molecule has 0 saturated heterocycles. The van der Waals surface area contributed by atoms with E-state index >= 15 is 0 Å². The van der Waals surface area contributed by atoms with Crippen LogP contribution in [0.25, 0.3) is 0 Å². The molecule has 5 nitrogen and oxygen atoms in total. The molecule has 1 heterocycles. The van der Waals surface area contributed by atoms with Gasteiger partial charge < -0.3 is 17.2 Å². The van der Waals surface area contributed by atoms with Crippen LogP contribution in [0.4, 0.5) is 0 Å². The first kappa shape index (κ1) is 8.54. The number of nitrogens with two attached hydrogens (primary N) is 1. The van der Waals surface area contributed by atoms with Gasteiger partial charge in [0, 0.05) is 0 Å². The van der Waals surface area contributed by atoms with Crippen LogP contribution in [0.1, 0.15) is 0 Å². The molecular weight excluding hydrogens is 137 g/mol. The fourth-order valence-corrected chi connectivity index (χ4v) is 0.318. The molecule has 1 rings (SSSR count). The quantitative estimate of drug-likeness (QED) is 0.202. The fourth-order valence-electron chi connectivity index (χ4n) is 0.234. The molecule has 40 valence electrons. The number of hydrogen-bond acceptors (Lipinski definition) is 6. The molecule has 0 spiro atoms. The summed E-state index contributed by atoms with van der Waals surface area (Å²) in [5.41, 5.74) is 2.37. The molecule has 0 bridgehead atoms. The van der Waals surface area contributed by atoms with Crippen LogP contribution < -0.4 is 40.9 Å². The van der Waals surface area contributed by atoms with Crippen LogP contribution in [-0.2, 0) is 12.8 Å². The van der Waals surface area contributed by atoms with Gasteiger partial charge in [-0.15, -0.1) is 0 Å². The second kappa shape index (κ2) is 3.54. The molecule has 0 aromatic heterocycles. The van der Waals surface area contributed by atoms with Crippen molar-refractivity contribution in [2.45, 2.75) is 0 Å². The third-order valence-corrected chi connectivity index (χ3v) is 0.799. The van der Waals surface area contributed by atoms with Gasteiger partial charge in [0.1, 0.15) is 6.34 Å². The van der Waals surface area contributed by atoms with Gasteiger partial charge in [-0.3, -0.25) is 0 Å². The van der Waals surface area contributed by atoms with Crippen molar-refractivity contribution in [3.05, 3.63) is 0 Å². The molecule has 0 aromatic rings. The molecule has 0 amide bonds. The molecule has 1 aliphatic rings. The van der Waals surface area contributed by atoms with Crippen molar-refractivity contribution in [1.29, 1.82) is 0 Å². The second-order valence-corrected chi connectivity index (χ2v) is 1.37. The third kappa shape index (κ3) is 1.81. The first-order chi connectivity index (χ1) is 3.30. The van der Waals surface area contributed by atoms with E-state index in [9.17, 15) is 0 Å². The van der Waals surface area contributed by atoms with Crippen molar-refractivity contribution < 1.29 is 29.6 Å². The van der Waals surface area contributed by atoms with Gasteiger partial charge in [-0.1, -0.05) is 5.23 Å². The zero-order valence-electron chi connectivity index (χ0n) is 4.40. The summed E-state index contributed by atoms with van der Waals surface area (Å²) < 4.78 is 1.19. The van der Waals surface area contributed by atoms with E-state index in [1.807, 2.05) is 0 Å². The SMILES string of the molecule is NN1NN=CN1[S-].[Na+]. The van der Waals surface area contributed by atoms with Crippen LogP contribution in [0.3, 0.4) is 0 Å². The predicted molar refractivity (Wildman–Crippen MR) is 26.9 cm³/mol. The number of rotatable bonds is 0. The minimum atomic E-state index is 0. The van der Waals surface area contributed by atoms with Gasteiger partial charge in [0.15, 0.2) is 0 Å². The summed E-state index contributed by atoms with van der Waals surface area (Å²) in [5.74, 6) is 5.10. The summed E-state index contributed by atoms with van der Waals surface area (Å²) in [7, 11) is 0. The van der Waals surface area contributed by atoms with E-state index in [1.54, 1.807) is 0 Å². The molecule has 0 saturated carbocycles. The van der Waals surface area contributed by atoms with E-state index in [2.05, 4.69) is 23.5 Å². The molecule has 0 atom stereocenters. The normalized spacial score (nSPS) is 18.0. The van der Waals surface area contributed by atoms with Crippen LogP contribution in [0.2, 0.25) is 0 Å². The molecule has 0 unspecified atom stereocenters. The second-order valence-electron chi connectivity index (χ2n) is 0.992. The average molecular weight is 141 g/mol. The zero-order valence-corrected chi connectivity index (χ0v) is 7.22. The molecule has 1 aliphatic heterocycles. The Bertz CT molecular complexity index is 94.4. The predicted octanol–water partition coefficient (Wildman–Crippen LogP) is -4.69. The first-order valence-corrected chi connectivity index (χ1v) is 1.97. The van der Waals surface area contributed by atoms with E-state index in [0.29, 0.717) is 0 Å². The van der Waals surface area contributed by atoms with Crippen molar-refractivity contribution >= 4 is 19.2 Å². The van der Waals surface area contributed by atoms with Gasteiger partial charge >= 0.3 is 29.6 Å². The Morgan fingerprint density at radius 1 is 1.75 bits per heavy atom. The molecule has 0 aliphatic carbocycles. The summed E-state index contributed by atoms with van der Waals surface area (Å²) in [6.45, 7) is 0. The number of nitrogens with one attached hydrogen (secondary N) is 1. The minimum Gasteiger partial charge on any atom is -0.642 e. The molecule has 0 radical (unpaired) electrons. The summed E-state index contributed by atoms with van der Waals surface area (Å²) in [5, 5.41) is 4.57. The monoisotopic (exact) mass is 141 g/mol. The minimum absolute atomic E-state index is 0. The van der Waals surface area contributed by atoms with Crippen molar-refractivity contribution in [3.63, 3.8) is 0 Å². The van der Waals surface area contributed by atoms with Crippen LogP contribution in [0.15, 0.2) is 5.10 Å². The van der Waals surface area contributed by atoms with Crippen molar-refractivity contribution in [3.8, 4) is 0 Å². The topological polar surface area (TPSA) is 56.9 Å². The molecule has 0 aromatic carbocycles. The Hall–Kier alpha value is 0.540. The standard InChI is InChI=1S/CH4N5S.Na/c2-6-4-3-1-5(6)7;/h1,4H,2H2;/q-1;+1. The summed E-state index contributed by atoms with van der Waals surface area (Å²) in [4.78, 5) is 0. The van der Waals surface area contributed by atoms with Gasteiger partial charge in [0.25, 0.3) is 0 Å². The van der Waals surface area contributed by atoms with Crippen LogP contribution in [0, 0.1) is 0 Å². The third-order valence-electron chi connectivity index (χ3n) is 0.529. The van der Waals surface area contributed by atoms with Crippen LogP contribution in [0.5, 0.6) is 0 Å². The fraction of sp³-hybridized carbons (Fsp3) is 0. The van der Waals surface area contributed by atoms with Gasteiger partial charge in [-0.25, -0.2) is 11.4 Å². The number of hydrazine groups is 3. The summed E-state index contributed by atoms with van der Waals surface area (Å²) >= 11 is 4.55. The van der Waals surface area contributed by atoms with Crippen molar-refractivity contribution in [2.24, 2.45) is 10.9 Å². The Balaban J connectivity index is 0.000000490. The maximum Gasteiger partial charge on any atom is 1.00 e. The Labute approximate surface area is 74.6 Å². The first-order valence-electron chi connectivity index (χ1n) is 1.60. The molecule has 3 N–H and O–H groups in total.